The number of halogens is 2. The van der Waals surface area contributed by atoms with Gasteiger partial charge in [-0.15, -0.1) is 5.10 Å². The molecule has 0 atom stereocenters. The summed E-state index contributed by atoms with van der Waals surface area (Å²) in [4.78, 5) is 0. The highest BCUT2D eigenvalue weighted by Crippen LogP contribution is 2.37. The van der Waals surface area contributed by atoms with Crippen LogP contribution in [0.4, 0.5) is 5.69 Å². The van der Waals surface area contributed by atoms with E-state index in [0.717, 1.165) is 5.69 Å². The Morgan fingerprint density at radius 3 is 2.48 bits per heavy atom. The van der Waals surface area contributed by atoms with Gasteiger partial charge in [-0.3, -0.25) is 0 Å². The summed E-state index contributed by atoms with van der Waals surface area (Å²) in [5, 5.41) is 5.41. The molecule has 0 bridgehead atoms. The molecule has 0 fully saturated rings. The SMILES string of the molecule is COc1cc(N)c(Cl)cc1Oc1ccn(-c2ccc(Cl)cc2)n1. The Balaban J connectivity index is 1.87. The summed E-state index contributed by atoms with van der Waals surface area (Å²) in [5.74, 6) is 1.32. The Labute approximate surface area is 143 Å². The highest BCUT2D eigenvalue weighted by Gasteiger charge is 2.11. The van der Waals surface area contributed by atoms with Crippen molar-refractivity contribution >= 4 is 28.9 Å². The molecule has 0 amide bonds. The zero-order valence-corrected chi connectivity index (χ0v) is 13.7. The van der Waals surface area contributed by atoms with E-state index in [1.54, 1.807) is 41.2 Å². The van der Waals surface area contributed by atoms with Crippen molar-refractivity contribution in [2.75, 3.05) is 12.8 Å². The molecule has 0 aliphatic rings. The molecule has 3 rings (SSSR count). The summed E-state index contributed by atoms with van der Waals surface area (Å²) in [6.07, 6.45) is 1.78. The molecular formula is C16H13Cl2N3O2. The molecule has 0 aliphatic carbocycles. The lowest BCUT2D eigenvalue weighted by Gasteiger charge is -2.10. The largest absolute Gasteiger partial charge is 0.493 e. The van der Waals surface area contributed by atoms with Crippen molar-refractivity contribution in [1.82, 2.24) is 9.78 Å². The van der Waals surface area contributed by atoms with E-state index in [9.17, 15) is 0 Å². The van der Waals surface area contributed by atoms with Gasteiger partial charge in [-0.05, 0) is 24.3 Å². The van der Waals surface area contributed by atoms with E-state index >= 15 is 0 Å². The van der Waals surface area contributed by atoms with Crippen molar-refractivity contribution in [2.45, 2.75) is 0 Å². The number of nitrogen functional groups attached to an aromatic ring is 1. The molecule has 1 heterocycles. The molecule has 0 aliphatic heterocycles. The molecule has 1 aromatic heterocycles. The molecule has 2 aromatic carbocycles. The van der Waals surface area contributed by atoms with Crippen LogP contribution in [-0.2, 0) is 0 Å². The van der Waals surface area contributed by atoms with Crippen LogP contribution in [0.3, 0.4) is 0 Å². The predicted octanol–water partition coefficient (Wildman–Crippen LogP) is 4.56. The number of benzene rings is 2. The first-order valence-corrected chi connectivity index (χ1v) is 7.45. The third-order valence-electron chi connectivity index (χ3n) is 3.15. The number of nitrogens with two attached hydrogens (primary N) is 1. The van der Waals surface area contributed by atoms with Crippen LogP contribution in [0, 0.1) is 0 Å². The average molecular weight is 350 g/mol. The molecule has 7 heteroatoms. The zero-order valence-electron chi connectivity index (χ0n) is 12.2. The highest BCUT2D eigenvalue weighted by molar-refractivity contribution is 6.33. The second-order valence-corrected chi connectivity index (χ2v) is 5.55. The van der Waals surface area contributed by atoms with Gasteiger partial charge in [-0.2, -0.15) is 0 Å². The van der Waals surface area contributed by atoms with Gasteiger partial charge in [0.1, 0.15) is 0 Å². The zero-order chi connectivity index (χ0) is 16.4. The highest BCUT2D eigenvalue weighted by atomic mass is 35.5. The van der Waals surface area contributed by atoms with Gasteiger partial charge in [-0.1, -0.05) is 23.2 Å². The normalized spacial score (nSPS) is 10.6. The van der Waals surface area contributed by atoms with Gasteiger partial charge in [0.2, 0.25) is 5.88 Å². The van der Waals surface area contributed by atoms with Gasteiger partial charge in [0, 0.05) is 29.4 Å². The number of hydrogen-bond acceptors (Lipinski definition) is 4. The molecule has 2 N–H and O–H groups in total. The number of methoxy groups -OCH3 is 1. The topological polar surface area (TPSA) is 62.3 Å². The van der Waals surface area contributed by atoms with Gasteiger partial charge < -0.3 is 15.2 Å². The molecule has 118 valence electrons. The first-order valence-electron chi connectivity index (χ1n) is 6.69. The molecular weight excluding hydrogens is 337 g/mol. The molecule has 0 radical (unpaired) electrons. The first kappa shape index (κ1) is 15.5. The van der Waals surface area contributed by atoms with Crippen LogP contribution in [0.1, 0.15) is 0 Å². The molecule has 0 saturated heterocycles. The van der Waals surface area contributed by atoms with Crippen LogP contribution in [0.25, 0.3) is 5.69 Å². The maximum absolute atomic E-state index is 6.03. The second-order valence-electron chi connectivity index (χ2n) is 4.70. The number of nitrogens with zero attached hydrogens (tertiary/aromatic N) is 2. The Hall–Kier alpha value is -2.37. The van der Waals surface area contributed by atoms with Gasteiger partial charge >= 0.3 is 0 Å². The fraction of sp³-hybridized carbons (Fsp3) is 0.0625. The Morgan fingerprint density at radius 2 is 1.78 bits per heavy atom. The van der Waals surface area contributed by atoms with Crippen molar-refractivity contribution in [1.29, 1.82) is 0 Å². The van der Waals surface area contributed by atoms with E-state index in [1.807, 2.05) is 12.1 Å². The Morgan fingerprint density at radius 1 is 1.04 bits per heavy atom. The van der Waals surface area contributed by atoms with Crippen LogP contribution in [0.2, 0.25) is 10.0 Å². The predicted molar refractivity (Wildman–Crippen MR) is 91.1 cm³/mol. The van der Waals surface area contributed by atoms with Gasteiger partial charge in [0.05, 0.1) is 23.5 Å². The summed E-state index contributed by atoms with van der Waals surface area (Å²) in [6.45, 7) is 0. The average Bonchev–Trinajstić information content (AvgIpc) is 3.00. The van der Waals surface area contributed by atoms with E-state index in [0.29, 0.717) is 33.1 Å². The van der Waals surface area contributed by atoms with Crippen LogP contribution in [-0.4, -0.2) is 16.9 Å². The Kier molecular flexibility index (Phi) is 4.32. The minimum atomic E-state index is 0.387. The fourth-order valence-corrected chi connectivity index (χ4v) is 2.28. The number of aromatic nitrogens is 2. The summed E-state index contributed by atoms with van der Waals surface area (Å²) in [5.41, 5.74) is 7.04. The summed E-state index contributed by atoms with van der Waals surface area (Å²) in [7, 11) is 1.53. The van der Waals surface area contributed by atoms with E-state index in [2.05, 4.69) is 5.10 Å². The second kappa shape index (κ2) is 6.40. The number of rotatable bonds is 4. The molecule has 5 nitrogen and oxygen atoms in total. The van der Waals surface area contributed by atoms with Crippen LogP contribution < -0.4 is 15.2 Å². The lowest BCUT2D eigenvalue weighted by molar-refractivity contribution is 0.373. The van der Waals surface area contributed by atoms with Crippen molar-refractivity contribution in [3.63, 3.8) is 0 Å². The molecule has 0 spiro atoms. The van der Waals surface area contributed by atoms with E-state index < -0.39 is 0 Å². The first-order chi connectivity index (χ1) is 11.1. The van der Waals surface area contributed by atoms with Crippen molar-refractivity contribution in [3.05, 3.63) is 58.7 Å². The van der Waals surface area contributed by atoms with Crippen LogP contribution in [0.5, 0.6) is 17.4 Å². The smallest absolute Gasteiger partial charge is 0.238 e. The van der Waals surface area contributed by atoms with Crippen LogP contribution in [0.15, 0.2) is 48.7 Å². The van der Waals surface area contributed by atoms with E-state index in [4.69, 9.17) is 38.4 Å². The minimum absolute atomic E-state index is 0.387. The third-order valence-corrected chi connectivity index (χ3v) is 3.73. The fourth-order valence-electron chi connectivity index (χ4n) is 2.00. The maximum Gasteiger partial charge on any atom is 0.238 e. The minimum Gasteiger partial charge on any atom is -0.493 e. The summed E-state index contributed by atoms with van der Waals surface area (Å²) >= 11 is 11.9. The molecule has 0 saturated carbocycles. The van der Waals surface area contributed by atoms with Crippen molar-refractivity contribution in [2.24, 2.45) is 0 Å². The molecule has 0 unspecified atom stereocenters. The van der Waals surface area contributed by atoms with Crippen LogP contribution >= 0.6 is 23.2 Å². The number of hydrogen-bond donors (Lipinski definition) is 1. The summed E-state index contributed by atoms with van der Waals surface area (Å²) < 4.78 is 12.7. The van der Waals surface area contributed by atoms with E-state index in [-0.39, 0.29) is 0 Å². The molecule has 3 aromatic rings. The maximum atomic E-state index is 6.03. The monoisotopic (exact) mass is 349 g/mol. The lowest BCUT2D eigenvalue weighted by Crippen LogP contribution is -1.96. The third kappa shape index (κ3) is 3.36. The number of anilines is 1. The summed E-state index contributed by atoms with van der Waals surface area (Å²) in [6, 6.07) is 12.2. The Bertz CT molecular complexity index is 832. The van der Waals surface area contributed by atoms with E-state index in [1.165, 1.54) is 7.11 Å². The van der Waals surface area contributed by atoms with Crippen molar-refractivity contribution in [3.8, 4) is 23.1 Å². The number of ether oxygens (including phenoxy) is 2. The molecule has 23 heavy (non-hydrogen) atoms. The van der Waals surface area contributed by atoms with Gasteiger partial charge in [0.25, 0.3) is 0 Å². The van der Waals surface area contributed by atoms with Gasteiger partial charge in [-0.25, -0.2) is 4.68 Å². The standard InChI is InChI=1S/C16H13Cl2N3O2/c1-22-14-9-13(19)12(18)8-15(14)23-16-6-7-21(20-16)11-4-2-10(17)3-5-11/h2-9H,19H2,1H3. The lowest BCUT2D eigenvalue weighted by atomic mass is 10.3. The van der Waals surface area contributed by atoms with Crippen molar-refractivity contribution < 1.29 is 9.47 Å². The van der Waals surface area contributed by atoms with Gasteiger partial charge in [0.15, 0.2) is 11.5 Å². The quantitative estimate of drug-likeness (QED) is 0.701.